The van der Waals surface area contributed by atoms with Crippen LogP contribution in [0, 0.1) is 0 Å². The van der Waals surface area contributed by atoms with E-state index in [2.05, 4.69) is 15.4 Å². The van der Waals surface area contributed by atoms with Gasteiger partial charge in [-0.05, 0) is 12.5 Å². The third-order valence-electron chi connectivity index (χ3n) is 2.87. The normalized spacial score (nSPS) is 11.1. The SMILES string of the molecule is Nc1cc(NCCCO)c2sc(-n3cccn3)cc2n1. The molecule has 0 saturated carbocycles. The number of thiophene rings is 1. The molecule has 3 heterocycles. The number of rotatable bonds is 5. The average molecular weight is 289 g/mol. The van der Waals surface area contributed by atoms with E-state index in [1.54, 1.807) is 22.2 Å². The zero-order valence-electron chi connectivity index (χ0n) is 10.8. The van der Waals surface area contributed by atoms with Gasteiger partial charge in [0.05, 0.1) is 15.9 Å². The molecule has 0 atom stereocenters. The van der Waals surface area contributed by atoms with Gasteiger partial charge in [-0.2, -0.15) is 5.10 Å². The zero-order valence-corrected chi connectivity index (χ0v) is 11.6. The van der Waals surface area contributed by atoms with Gasteiger partial charge in [-0.3, -0.25) is 0 Å². The number of anilines is 2. The molecule has 3 aromatic rings. The molecule has 0 aromatic carbocycles. The lowest BCUT2D eigenvalue weighted by Crippen LogP contribution is -2.04. The number of nitrogens with two attached hydrogens (primary N) is 1. The topological polar surface area (TPSA) is 89.0 Å². The van der Waals surface area contributed by atoms with Crippen molar-refractivity contribution >= 4 is 33.1 Å². The van der Waals surface area contributed by atoms with Crippen LogP contribution in [0.5, 0.6) is 0 Å². The number of fused-ring (bicyclic) bond motifs is 1. The molecule has 0 spiro atoms. The summed E-state index contributed by atoms with van der Waals surface area (Å²) in [5.74, 6) is 0.480. The Labute approximate surface area is 119 Å². The summed E-state index contributed by atoms with van der Waals surface area (Å²) >= 11 is 1.61. The number of hydrogen-bond donors (Lipinski definition) is 3. The fraction of sp³-hybridized carbons (Fsp3) is 0.231. The Balaban J connectivity index is 2.01. The van der Waals surface area contributed by atoms with E-state index in [9.17, 15) is 0 Å². The Morgan fingerprint density at radius 1 is 1.40 bits per heavy atom. The number of aliphatic hydroxyl groups excluding tert-OH is 1. The summed E-state index contributed by atoms with van der Waals surface area (Å²) in [5.41, 5.74) is 7.64. The molecule has 0 amide bonds. The maximum Gasteiger partial charge on any atom is 0.126 e. The minimum atomic E-state index is 0.166. The number of pyridine rings is 1. The van der Waals surface area contributed by atoms with E-state index < -0.39 is 0 Å². The number of hydrogen-bond acceptors (Lipinski definition) is 6. The first kappa shape index (κ1) is 12.9. The third-order valence-corrected chi connectivity index (χ3v) is 4.01. The Kier molecular flexibility index (Phi) is 3.53. The first-order valence-electron chi connectivity index (χ1n) is 6.33. The molecular formula is C13H15N5OS. The van der Waals surface area contributed by atoms with Crippen LogP contribution in [0.3, 0.4) is 0 Å². The van der Waals surface area contributed by atoms with Crippen LogP contribution in [0.4, 0.5) is 11.5 Å². The van der Waals surface area contributed by atoms with Crippen molar-refractivity contribution in [1.29, 1.82) is 0 Å². The molecule has 0 bridgehead atoms. The first-order valence-corrected chi connectivity index (χ1v) is 7.14. The van der Waals surface area contributed by atoms with Crippen LogP contribution < -0.4 is 11.1 Å². The highest BCUT2D eigenvalue weighted by Gasteiger charge is 2.10. The number of nitrogens with zero attached hydrogens (tertiary/aromatic N) is 3. The molecule has 0 unspecified atom stereocenters. The standard InChI is InChI=1S/C13H15N5OS/c14-11-7-9(15-3-2-6-19)13-10(17-11)8-12(20-13)18-5-1-4-16-18/h1,4-5,7-8,19H,2-3,6H2,(H3,14,15,17). The second kappa shape index (κ2) is 5.48. The summed E-state index contributed by atoms with van der Waals surface area (Å²) in [6.07, 6.45) is 4.33. The average Bonchev–Trinajstić information content (AvgIpc) is 3.06. The van der Waals surface area contributed by atoms with Gasteiger partial charge in [-0.1, -0.05) is 0 Å². The van der Waals surface area contributed by atoms with Gasteiger partial charge < -0.3 is 16.2 Å². The van der Waals surface area contributed by atoms with Crippen LogP contribution in [0.15, 0.2) is 30.6 Å². The van der Waals surface area contributed by atoms with Gasteiger partial charge >= 0.3 is 0 Å². The van der Waals surface area contributed by atoms with Crippen molar-refractivity contribution in [3.8, 4) is 5.00 Å². The minimum Gasteiger partial charge on any atom is -0.396 e. The Morgan fingerprint density at radius 3 is 3.05 bits per heavy atom. The van der Waals surface area contributed by atoms with Gasteiger partial charge in [0.1, 0.15) is 10.8 Å². The lowest BCUT2D eigenvalue weighted by molar-refractivity contribution is 0.292. The van der Waals surface area contributed by atoms with Crippen molar-refractivity contribution in [2.45, 2.75) is 6.42 Å². The van der Waals surface area contributed by atoms with Crippen LogP contribution >= 0.6 is 11.3 Å². The molecule has 3 aromatic heterocycles. The van der Waals surface area contributed by atoms with Crippen molar-refractivity contribution in [2.75, 3.05) is 24.2 Å². The van der Waals surface area contributed by atoms with E-state index in [-0.39, 0.29) is 6.61 Å². The Bertz CT molecular complexity index is 707. The van der Waals surface area contributed by atoms with Crippen molar-refractivity contribution in [3.63, 3.8) is 0 Å². The molecule has 7 heteroatoms. The van der Waals surface area contributed by atoms with E-state index >= 15 is 0 Å². The minimum absolute atomic E-state index is 0.166. The molecule has 0 radical (unpaired) electrons. The number of nitrogens with one attached hydrogen (secondary N) is 1. The highest BCUT2D eigenvalue weighted by Crippen LogP contribution is 2.33. The van der Waals surface area contributed by atoms with Crippen molar-refractivity contribution in [2.24, 2.45) is 0 Å². The Morgan fingerprint density at radius 2 is 2.30 bits per heavy atom. The fourth-order valence-corrected chi connectivity index (χ4v) is 3.01. The molecule has 20 heavy (non-hydrogen) atoms. The molecule has 0 aliphatic rings. The van der Waals surface area contributed by atoms with Crippen LogP contribution in [0.25, 0.3) is 15.2 Å². The lowest BCUT2D eigenvalue weighted by Gasteiger charge is -2.07. The van der Waals surface area contributed by atoms with Crippen LogP contribution in [0.1, 0.15) is 6.42 Å². The van der Waals surface area contributed by atoms with E-state index in [1.807, 2.05) is 24.4 Å². The maximum atomic E-state index is 8.86. The largest absolute Gasteiger partial charge is 0.396 e. The monoisotopic (exact) mass is 289 g/mol. The summed E-state index contributed by atoms with van der Waals surface area (Å²) in [6.45, 7) is 0.865. The van der Waals surface area contributed by atoms with Gasteiger partial charge in [0.15, 0.2) is 0 Å². The second-order valence-electron chi connectivity index (χ2n) is 4.35. The maximum absolute atomic E-state index is 8.86. The summed E-state index contributed by atoms with van der Waals surface area (Å²) in [7, 11) is 0. The fourth-order valence-electron chi connectivity index (χ4n) is 1.98. The van der Waals surface area contributed by atoms with E-state index in [0.29, 0.717) is 18.8 Å². The van der Waals surface area contributed by atoms with Crippen LogP contribution in [0.2, 0.25) is 0 Å². The van der Waals surface area contributed by atoms with Crippen molar-refractivity contribution in [1.82, 2.24) is 14.8 Å². The summed E-state index contributed by atoms with van der Waals surface area (Å²) < 4.78 is 2.85. The van der Waals surface area contributed by atoms with Crippen molar-refractivity contribution in [3.05, 3.63) is 30.6 Å². The van der Waals surface area contributed by atoms with Crippen LogP contribution in [-0.2, 0) is 0 Å². The molecule has 3 rings (SSSR count). The van der Waals surface area contributed by atoms with E-state index in [0.717, 1.165) is 20.9 Å². The molecule has 0 aliphatic heterocycles. The molecule has 0 saturated heterocycles. The first-order chi connectivity index (χ1) is 9.78. The summed E-state index contributed by atoms with van der Waals surface area (Å²) in [5, 5.41) is 17.4. The summed E-state index contributed by atoms with van der Waals surface area (Å²) in [4.78, 5) is 4.35. The molecule has 104 valence electrons. The number of aliphatic hydroxyl groups is 1. The molecule has 6 nitrogen and oxygen atoms in total. The predicted octanol–water partition coefficient (Wildman–Crippen LogP) is 1.86. The highest BCUT2D eigenvalue weighted by molar-refractivity contribution is 7.22. The van der Waals surface area contributed by atoms with E-state index in [4.69, 9.17) is 10.8 Å². The predicted molar refractivity (Wildman–Crippen MR) is 81.3 cm³/mol. The quantitative estimate of drug-likeness (QED) is 0.624. The van der Waals surface area contributed by atoms with Crippen LogP contribution in [-0.4, -0.2) is 33.0 Å². The smallest absolute Gasteiger partial charge is 0.126 e. The van der Waals surface area contributed by atoms with E-state index in [1.165, 1.54) is 0 Å². The molecule has 4 N–H and O–H groups in total. The van der Waals surface area contributed by atoms with Gasteiger partial charge in [-0.25, -0.2) is 9.67 Å². The second-order valence-corrected chi connectivity index (χ2v) is 5.38. The molecular weight excluding hydrogens is 274 g/mol. The van der Waals surface area contributed by atoms with Gasteiger partial charge in [0.2, 0.25) is 0 Å². The van der Waals surface area contributed by atoms with Gasteiger partial charge in [0, 0.05) is 37.7 Å². The van der Waals surface area contributed by atoms with Crippen molar-refractivity contribution < 1.29 is 5.11 Å². The number of aromatic nitrogens is 3. The third kappa shape index (κ3) is 2.45. The molecule has 0 fully saturated rings. The lowest BCUT2D eigenvalue weighted by atomic mass is 10.3. The zero-order chi connectivity index (χ0) is 13.9. The highest BCUT2D eigenvalue weighted by atomic mass is 32.1. The van der Waals surface area contributed by atoms with Gasteiger partial charge in [0.25, 0.3) is 0 Å². The summed E-state index contributed by atoms with van der Waals surface area (Å²) in [6, 6.07) is 5.68. The van der Waals surface area contributed by atoms with Gasteiger partial charge in [-0.15, -0.1) is 11.3 Å². The number of nitrogen functional groups attached to an aromatic ring is 1. The Hall–Kier alpha value is -2.12. The molecule has 0 aliphatic carbocycles.